The molecule has 0 aromatic heterocycles. The van der Waals surface area contributed by atoms with Crippen molar-refractivity contribution in [3.8, 4) is 0 Å². The second-order valence-corrected chi connectivity index (χ2v) is 3.01. The topological polar surface area (TPSA) is 66.4 Å². The van der Waals surface area contributed by atoms with Crippen molar-refractivity contribution in [1.29, 1.82) is 0 Å². The predicted octanol–water partition coefficient (Wildman–Crippen LogP) is 1.20. The highest BCUT2D eigenvalue weighted by Crippen LogP contribution is 2.14. The lowest BCUT2D eigenvalue weighted by Crippen LogP contribution is -2.15. The first-order valence-electron chi connectivity index (χ1n) is 3.97. The Labute approximate surface area is 83.5 Å². The number of carboxylic acid groups (broad SMARTS) is 1. The fourth-order valence-corrected chi connectivity index (χ4v) is 1.08. The van der Waals surface area contributed by atoms with Gasteiger partial charge in [-0.2, -0.15) is 0 Å². The maximum atomic E-state index is 11.0. The minimum Gasteiger partial charge on any atom is -0.478 e. The molecule has 0 aliphatic carbocycles. The molecule has 0 saturated carbocycles. The molecule has 74 valence electrons. The number of aromatic carboxylic acids is 1. The molecule has 0 radical (unpaired) electrons. The van der Waals surface area contributed by atoms with Crippen LogP contribution in [0.3, 0.4) is 0 Å². The van der Waals surface area contributed by atoms with Crippen LogP contribution >= 0.6 is 9.24 Å². The maximum Gasteiger partial charge on any atom is 0.337 e. The predicted molar refractivity (Wildman–Crippen MR) is 56.6 cm³/mol. The molecule has 2 N–H and O–H groups in total. The van der Waals surface area contributed by atoms with Gasteiger partial charge in [-0.1, -0.05) is 12.1 Å². The Bertz CT molecular complexity index is 365. The third-order valence-corrected chi connectivity index (χ3v) is 1.99. The summed E-state index contributed by atoms with van der Waals surface area (Å²) >= 11 is 0. The second-order valence-electron chi connectivity index (χ2n) is 2.60. The Morgan fingerprint density at radius 2 is 2.00 bits per heavy atom. The van der Waals surface area contributed by atoms with Crippen molar-refractivity contribution in [1.82, 2.24) is 0 Å². The molecule has 0 saturated heterocycles. The summed E-state index contributed by atoms with van der Waals surface area (Å²) in [6.45, 7) is 0. The van der Waals surface area contributed by atoms with E-state index in [9.17, 15) is 9.59 Å². The molecular weight excluding hydrogens is 201 g/mol. The van der Waals surface area contributed by atoms with Crippen molar-refractivity contribution in [3.63, 3.8) is 0 Å². The van der Waals surface area contributed by atoms with Gasteiger partial charge in [0.25, 0.3) is 0 Å². The van der Waals surface area contributed by atoms with Gasteiger partial charge in [-0.25, -0.2) is 4.79 Å². The van der Waals surface area contributed by atoms with Gasteiger partial charge in [-0.05, 0) is 12.1 Å². The summed E-state index contributed by atoms with van der Waals surface area (Å²) in [4.78, 5) is 21.8. The molecule has 1 aromatic carbocycles. The molecule has 0 aliphatic heterocycles. The summed E-state index contributed by atoms with van der Waals surface area (Å²) in [6.07, 6.45) is 0.244. The number of para-hydroxylation sites is 1. The molecule has 1 atom stereocenters. The number of nitrogens with one attached hydrogen (secondary N) is 1. The van der Waals surface area contributed by atoms with Gasteiger partial charge in [0.2, 0.25) is 5.91 Å². The van der Waals surface area contributed by atoms with Crippen LogP contribution in [0.1, 0.15) is 10.4 Å². The smallest absolute Gasteiger partial charge is 0.337 e. The van der Waals surface area contributed by atoms with E-state index in [-0.39, 0.29) is 17.6 Å². The number of benzene rings is 1. The number of hydrogen-bond acceptors (Lipinski definition) is 2. The van der Waals surface area contributed by atoms with Crippen LogP contribution in [0.15, 0.2) is 24.3 Å². The fourth-order valence-electron chi connectivity index (χ4n) is 0.980. The summed E-state index contributed by atoms with van der Waals surface area (Å²) < 4.78 is 0. The van der Waals surface area contributed by atoms with Gasteiger partial charge >= 0.3 is 5.97 Å². The molecule has 0 aliphatic rings. The Hall–Kier alpha value is -1.41. The number of anilines is 1. The van der Waals surface area contributed by atoms with Gasteiger partial charge in [0.1, 0.15) is 0 Å². The lowest BCUT2D eigenvalue weighted by atomic mass is 10.2. The maximum absolute atomic E-state index is 11.0. The van der Waals surface area contributed by atoms with E-state index in [1.54, 1.807) is 18.2 Å². The van der Waals surface area contributed by atoms with E-state index in [1.807, 2.05) is 0 Å². The molecule has 0 heterocycles. The molecule has 0 fully saturated rings. The van der Waals surface area contributed by atoms with Crippen LogP contribution < -0.4 is 5.32 Å². The molecule has 0 spiro atoms. The highest BCUT2D eigenvalue weighted by Gasteiger charge is 2.09. The van der Waals surface area contributed by atoms with Crippen LogP contribution in [0, 0.1) is 0 Å². The van der Waals surface area contributed by atoms with Crippen molar-refractivity contribution in [2.75, 3.05) is 11.5 Å². The zero-order valence-electron chi connectivity index (χ0n) is 7.36. The van der Waals surface area contributed by atoms with Gasteiger partial charge in [0.05, 0.1) is 11.3 Å². The van der Waals surface area contributed by atoms with E-state index in [0.717, 1.165) is 0 Å². The largest absolute Gasteiger partial charge is 0.478 e. The molecule has 4 nitrogen and oxygen atoms in total. The van der Waals surface area contributed by atoms with E-state index in [1.165, 1.54) is 6.07 Å². The van der Waals surface area contributed by atoms with Gasteiger partial charge in [-0.15, -0.1) is 9.24 Å². The van der Waals surface area contributed by atoms with E-state index in [4.69, 9.17) is 5.11 Å². The summed E-state index contributed by atoms with van der Waals surface area (Å²) in [5.41, 5.74) is 0.423. The first-order chi connectivity index (χ1) is 6.65. The minimum atomic E-state index is -1.05. The van der Waals surface area contributed by atoms with Crippen LogP contribution in [0.4, 0.5) is 5.69 Å². The van der Waals surface area contributed by atoms with Crippen LogP contribution in [0.2, 0.25) is 0 Å². The lowest BCUT2D eigenvalue weighted by molar-refractivity contribution is -0.113. The molecule has 1 aromatic rings. The van der Waals surface area contributed by atoms with E-state index < -0.39 is 5.97 Å². The minimum absolute atomic E-state index is 0.0966. The summed E-state index contributed by atoms with van der Waals surface area (Å²) in [5, 5.41) is 11.3. The van der Waals surface area contributed by atoms with Crippen molar-refractivity contribution in [2.24, 2.45) is 0 Å². The Kier molecular flexibility index (Phi) is 3.60. The summed E-state index contributed by atoms with van der Waals surface area (Å²) in [6, 6.07) is 6.28. The summed E-state index contributed by atoms with van der Waals surface area (Å²) in [5.74, 6) is -1.28. The normalized spacial score (nSPS) is 9.50. The average molecular weight is 211 g/mol. The molecular formula is C9H10NO3P. The van der Waals surface area contributed by atoms with Crippen molar-refractivity contribution >= 4 is 26.8 Å². The first kappa shape index (κ1) is 10.7. The Morgan fingerprint density at radius 1 is 1.36 bits per heavy atom. The van der Waals surface area contributed by atoms with E-state index in [0.29, 0.717) is 5.69 Å². The number of carboxylic acids is 1. The quantitative estimate of drug-likeness (QED) is 0.738. The third-order valence-electron chi connectivity index (χ3n) is 1.62. The van der Waals surface area contributed by atoms with Crippen LogP contribution in [-0.2, 0) is 4.79 Å². The number of carbonyl (C=O) groups is 2. The molecule has 14 heavy (non-hydrogen) atoms. The van der Waals surface area contributed by atoms with Gasteiger partial charge in [-0.3, -0.25) is 4.79 Å². The number of hydrogen-bond donors (Lipinski definition) is 2. The first-order valence-corrected chi connectivity index (χ1v) is 4.79. The van der Waals surface area contributed by atoms with Crippen molar-refractivity contribution in [2.45, 2.75) is 0 Å². The molecule has 5 heteroatoms. The second kappa shape index (κ2) is 4.72. The molecule has 1 unspecified atom stereocenters. The number of carbonyl (C=O) groups excluding carboxylic acids is 1. The monoisotopic (exact) mass is 211 g/mol. The highest BCUT2D eigenvalue weighted by molar-refractivity contribution is 7.18. The average Bonchev–Trinajstić information content (AvgIpc) is 2.18. The standard InChI is InChI=1S/C9H10NO3P/c11-8(5-14)10-7-4-2-1-3-6(7)9(12)13/h1-4H,5,14H2,(H,10,11)(H,12,13). The Balaban J connectivity index is 2.95. The molecule has 0 bridgehead atoms. The third kappa shape index (κ3) is 2.54. The van der Waals surface area contributed by atoms with Crippen LogP contribution in [0.25, 0.3) is 0 Å². The SMILES string of the molecule is O=C(CP)Nc1ccccc1C(=O)O. The number of rotatable bonds is 3. The van der Waals surface area contributed by atoms with E-state index in [2.05, 4.69) is 14.6 Å². The highest BCUT2D eigenvalue weighted by atomic mass is 31.0. The van der Waals surface area contributed by atoms with Crippen molar-refractivity contribution in [3.05, 3.63) is 29.8 Å². The zero-order chi connectivity index (χ0) is 10.6. The lowest BCUT2D eigenvalue weighted by Gasteiger charge is -2.06. The summed E-state index contributed by atoms with van der Waals surface area (Å²) in [7, 11) is 2.27. The molecule has 1 amide bonds. The van der Waals surface area contributed by atoms with Gasteiger partial charge < -0.3 is 10.4 Å². The van der Waals surface area contributed by atoms with Crippen molar-refractivity contribution < 1.29 is 14.7 Å². The van der Waals surface area contributed by atoms with Gasteiger partial charge in [0, 0.05) is 6.16 Å². The van der Waals surface area contributed by atoms with E-state index >= 15 is 0 Å². The number of amides is 1. The zero-order valence-corrected chi connectivity index (χ0v) is 8.51. The van der Waals surface area contributed by atoms with Crippen LogP contribution in [-0.4, -0.2) is 23.1 Å². The molecule has 1 rings (SSSR count). The van der Waals surface area contributed by atoms with Crippen LogP contribution in [0.5, 0.6) is 0 Å². The Morgan fingerprint density at radius 3 is 2.57 bits per heavy atom. The van der Waals surface area contributed by atoms with Gasteiger partial charge in [0.15, 0.2) is 0 Å². The fraction of sp³-hybridized carbons (Fsp3) is 0.111.